The normalized spacial score (nSPS) is 12.9. The van der Waals surface area contributed by atoms with Crippen LogP contribution >= 0.6 is 0 Å². The summed E-state index contributed by atoms with van der Waals surface area (Å²) in [6, 6.07) is 64.2. The molecule has 57 heavy (non-hydrogen) atoms. The van der Waals surface area contributed by atoms with E-state index >= 15 is 0 Å². The van der Waals surface area contributed by atoms with Crippen LogP contribution in [0.15, 0.2) is 182 Å². The van der Waals surface area contributed by atoms with Crippen LogP contribution in [0, 0.1) is 0 Å². The highest BCUT2D eigenvalue weighted by molar-refractivity contribution is 6.04. The fourth-order valence-electron chi connectivity index (χ4n) is 8.67. The van der Waals surface area contributed by atoms with E-state index in [9.17, 15) is 0 Å². The maximum absolute atomic E-state index is 5.31. The van der Waals surface area contributed by atoms with Gasteiger partial charge >= 0.3 is 0 Å². The summed E-state index contributed by atoms with van der Waals surface area (Å²) in [5, 5.41) is 3.15. The minimum absolute atomic E-state index is 0.0322. The number of fused-ring (bicyclic) bond motifs is 7. The van der Waals surface area contributed by atoms with Gasteiger partial charge in [0.25, 0.3) is 0 Å². The second-order valence-electron chi connectivity index (χ2n) is 15.5. The summed E-state index contributed by atoms with van der Waals surface area (Å²) in [5.74, 6) is 0.718. The summed E-state index contributed by atoms with van der Waals surface area (Å²) in [5.41, 5.74) is 17.2. The molecule has 0 aliphatic heterocycles. The van der Waals surface area contributed by atoms with E-state index in [4.69, 9.17) is 19.9 Å². The molecule has 0 amide bonds. The monoisotopic (exact) mass is 728 g/mol. The highest BCUT2D eigenvalue weighted by Crippen LogP contribution is 2.49. The zero-order valence-electron chi connectivity index (χ0n) is 31.6. The second-order valence-corrected chi connectivity index (χ2v) is 15.5. The van der Waals surface area contributed by atoms with E-state index in [1.54, 1.807) is 0 Å². The fraction of sp³-hybridized carbons (Fsp3) is 0.0566. The van der Waals surface area contributed by atoms with Crippen LogP contribution in [-0.2, 0) is 5.41 Å². The van der Waals surface area contributed by atoms with Crippen molar-refractivity contribution in [3.8, 4) is 67.4 Å². The van der Waals surface area contributed by atoms with Crippen molar-refractivity contribution in [3.05, 3.63) is 193 Å². The molecular weight excluding hydrogens is 693 g/mol. The molecule has 0 spiro atoms. The van der Waals surface area contributed by atoms with Crippen LogP contribution < -0.4 is 0 Å². The van der Waals surface area contributed by atoms with Crippen LogP contribution in [0.2, 0.25) is 0 Å². The summed E-state index contributed by atoms with van der Waals surface area (Å²) in [4.78, 5) is 20.8. The first-order valence-corrected chi connectivity index (χ1v) is 19.5. The van der Waals surface area contributed by atoms with Gasteiger partial charge in [0.05, 0.1) is 33.6 Å². The number of rotatable bonds is 5. The summed E-state index contributed by atoms with van der Waals surface area (Å²) < 4.78 is 0. The van der Waals surface area contributed by atoms with Gasteiger partial charge in [-0.3, -0.25) is 0 Å². The van der Waals surface area contributed by atoms with Gasteiger partial charge in [-0.1, -0.05) is 159 Å². The molecule has 0 atom stereocenters. The fourth-order valence-corrected chi connectivity index (χ4v) is 8.67. The van der Waals surface area contributed by atoms with Crippen LogP contribution in [0.5, 0.6) is 0 Å². The second kappa shape index (κ2) is 12.9. The predicted octanol–water partition coefficient (Wildman–Crippen LogP) is 13.4. The lowest BCUT2D eigenvalue weighted by molar-refractivity contribution is 0.660. The minimum atomic E-state index is -0.0322. The number of hydrogen-bond acceptors (Lipinski definition) is 4. The van der Waals surface area contributed by atoms with Crippen molar-refractivity contribution in [3.63, 3.8) is 0 Å². The molecule has 11 rings (SSSR count). The Morgan fingerprint density at radius 3 is 1.67 bits per heavy atom. The molecular formula is C53H36N4. The van der Waals surface area contributed by atoms with E-state index in [1.165, 1.54) is 22.3 Å². The van der Waals surface area contributed by atoms with E-state index in [-0.39, 0.29) is 5.41 Å². The van der Waals surface area contributed by atoms with Gasteiger partial charge in [-0.05, 0) is 69.8 Å². The molecule has 4 nitrogen and oxygen atoms in total. The summed E-state index contributed by atoms with van der Waals surface area (Å²) in [7, 11) is 0. The van der Waals surface area contributed by atoms with Crippen LogP contribution in [-0.4, -0.2) is 19.9 Å². The molecule has 0 unspecified atom stereocenters. The van der Waals surface area contributed by atoms with Crippen LogP contribution in [0.1, 0.15) is 25.0 Å². The average Bonchev–Trinajstić information content (AvgIpc) is 3.51. The Morgan fingerprint density at radius 1 is 0.368 bits per heavy atom. The largest absolute Gasteiger partial charge is 0.245 e. The third-order valence-corrected chi connectivity index (χ3v) is 11.7. The van der Waals surface area contributed by atoms with Crippen LogP contribution in [0.4, 0.5) is 0 Å². The standard InChI is InChI=1S/C53H36N4/c1-53(2)44-19-10-9-18-41(44)42-32-40(22-26-45(42)53)47-28-24-35-21-20-34-23-27-46(54-50(34)51(35)55-47)39-17-11-16-37(30-39)38-25-29-48-43(31-38)49(33-12-5-3-6-13-33)57-52(56-48)36-14-7-4-8-15-36/h3-32H,1-2H3. The van der Waals surface area contributed by atoms with Gasteiger partial charge in [0.15, 0.2) is 5.82 Å². The van der Waals surface area contributed by atoms with Crippen molar-refractivity contribution >= 4 is 32.7 Å². The van der Waals surface area contributed by atoms with E-state index in [1.807, 2.05) is 24.3 Å². The zero-order chi connectivity index (χ0) is 38.1. The highest BCUT2D eigenvalue weighted by Gasteiger charge is 2.35. The molecule has 1 aliphatic rings. The minimum Gasteiger partial charge on any atom is -0.245 e. The van der Waals surface area contributed by atoms with Gasteiger partial charge < -0.3 is 0 Å². The molecule has 0 saturated carbocycles. The zero-order valence-corrected chi connectivity index (χ0v) is 31.6. The Labute approximate surface area is 331 Å². The molecule has 0 fully saturated rings. The Bertz CT molecular complexity index is 3200. The summed E-state index contributed by atoms with van der Waals surface area (Å²) in [6.45, 7) is 4.63. The molecule has 7 aromatic carbocycles. The molecule has 4 heteroatoms. The van der Waals surface area contributed by atoms with Gasteiger partial charge in [-0.25, -0.2) is 19.9 Å². The van der Waals surface area contributed by atoms with Crippen molar-refractivity contribution < 1.29 is 0 Å². The number of aromatic nitrogens is 4. The first-order chi connectivity index (χ1) is 28.0. The van der Waals surface area contributed by atoms with E-state index in [0.717, 1.165) is 89.0 Å². The van der Waals surface area contributed by atoms with E-state index in [0.29, 0.717) is 0 Å². The van der Waals surface area contributed by atoms with E-state index in [2.05, 4.69) is 172 Å². The van der Waals surface area contributed by atoms with Crippen LogP contribution in [0.25, 0.3) is 100 Å². The molecule has 268 valence electrons. The quantitative estimate of drug-likeness (QED) is 0.166. The molecule has 0 saturated heterocycles. The summed E-state index contributed by atoms with van der Waals surface area (Å²) >= 11 is 0. The van der Waals surface area contributed by atoms with Gasteiger partial charge in [-0.15, -0.1) is 0 Å². The van der Waals surface area contributed by atoms with Crippen molar-refractivity contribution in [2.24, 2.45) is 0 Å². The molecule has 0 N–H and O–H groups in total. The molecule has 1 aliphatic carbocycles. The van der Waals surface area contributed by atoms with Crippen molar-refractivity contribution in [2.45, 2.75) is 19.3 Å². The van der Waals surface area contributed by atoms with Gasteiger partial charge in [0.2, 0.25) is 0 Å². The molecule has 10 aromatic rings. The number of nitrogens with zero attached hydrogens (tertiary/aromatic N) is 4. The molecule has 3 aromatic heterocycles. The SMILES string of the molecule is CC1(C)c2ccccc2-c2cc(-c3ccc4ccc5ccc(-c6cccc(-c7ccc8nc(-c9ccccc9)nc(-c9ccccc9)c8c7)c6)nc5c4n3)ccc21. The maximum atomic E-state index is 5.31. The van der Waals surface area contributed by atoms with E-state index < -0.39 is 0 Å². The lowest BCUT2D eigenvalue weighted by Gasteiger charge is -2.21. The van der Waals surface area contributed by atoms with Crippen molar-refractivity contribution in [1.29, 1.82) is 0 Å². The Balaban J connectivity index is 0.991. The topological polar surface area (TPSA) is 51.6 Å². The first-order valence-electron chi connectivity index (χ1n) is 19.5. The molecule has 0 bridgehead atoms. The Hall–Kier alpha value is -7.30. The maximum Gasteiger partial charge on any atom is 0.160 e. The Kier molecular flexibility index (Phi) is 7.48. The van der Waals surface area contributed by atoms with Crippen molar-refractivity contribution in [1.82, 2.24) is 19.9 Å². The highest BCUT2D eigenvalue weighted by atomic mass is 14.9. The smallest absolute Gasteiger partial charge is 0.160 e. The molecule has 0 radical (unpaired) electrons. The van der Waals surface area contributed by atoms with Gasteiger partial charge in [0.1, 0.15) is 0 Å². The Morgan fingerprint density at radius 2 is 0.930 bits per heavy atom. The number of benzene rings is 7. The number of hydrogen-bond donors (Lipinski definition) is 0. The first kappa shape index (κ1) is 33.1. The number of pyridine rings is 2. The summed E-state index contributed by atoms with van der Waals surface area (Å²) in [6.07, 6.45) is 0. The third kappa shape index (κ3) is 5.52. The van der Waals surface area contributed by atoms with Crippen LogP contribution in [0.3, 0.4) is 0 Å². The predicted molar refractivity (Wildman–Crippen MR) is 235 cm³/mol. The van der Waals surface area contributed by atoms with Gasteiger partial charge in [0, 0.05) is 43.8 Å². The van der Waals surface area contributed by atoms with Crippen molar-refractivity contribution in [2.75, 3.05) is 0 Å². The molecule has 3 heterocycles. The lowest BCUT2D eigenvalue weighted by Crippen LogP contribution is -2.14. The third-order valence-electron chi connectivity index (χ3n) is 11.7. The lowest BCUT2D eigenvalue weighted by atomic mass is 9.82. The van der Waals surface area contributed by atoms with Gasteiger partial charge in [-0.2, -0.15) is 0 Å². The average molecular weight is 729 g/mol.